The zero-order chi connectivity index (χ0) is 21.5. The van der Waals surface area contributed by atoms with Crippen LogP contribution in [0, 0.1) is 5.92 Å². The van der Waals surface area contributed by atoms with Crippen LogP contribution in [0.25, 0.3) is 10.9 Å². The molecule has 1 aromatic carbocycles. The van der Waals surface area contributed by atoms with Gasteiger partial charge in [0, 0.05) is 12.6 Å². The van der Waals surface area contributed by atoms with Gasteiger partial charge < -0.3 is 5.32 Å². The lowest BCUT2D eigenvalue weighted by Gasteiger charge is -2.22. The van der Waals surface area contributed by atoms with E-state index in [2.05, 4.69) is 29.5 Å². The molecule has 162 valence electrons. The molecule has 1 heterocycles. The molecule has 30 heavy (non-hydrogen) atoms. The predicted octanol–water partition coefficient (Wildman–Crippen LogP) is 3.69. The van der Waals surface area contributed by atoms with Crippen molar-refractivity contribution in [3.63, 3.8) is 0 Å². The second-order valence-electron chi connectivity index (χ2n) is 8.20. The summed E-state index contributed by atoms with van der Waals surface area (Å²) in [5.74, 6) is 0.0593. The second kappa shape index (κ2) is 10.6. The highest BCUT2D eigenvalue weighted by Crippen LogP contribution is 2.19. The number of fused-ring (bicyclic) bond motifs is 1. The quantitative estimate of drug-likeness (QED) is 0.516. The van der Waals surface area contributed by atoms with Crippen LogP contribution in [-0.2, 0) is 11.3 Å². The first kappa shape index (κ1) is 22.3. The van der Waals surface area contributed by atoms with Crippen molar-refractivity contribution >= 4 is 34.6 Å². The topological polar surface area (TPSA) is 93.1 Å². The van der Waals surface area contributed by atoms with Crippen LogP contribution < -0.4 is 16.2 Å². The summed E-state index contributed by atoms with van der Waals surface area (Å²) < 4.78 is 1.64. The SMILES string of the molecule is CC(C)CCn1c(SCC(=O)NC(=O)NC2CCCCC2)nc2ccccc2c1=O. The van der Waals surface area contributed by atoms with Crippen molar-refractivity contribution < 1.29 is 9.59 Å². The van der Waals surface area contributed by atoms with Crippen LogP contribution in [0.5, 0.6) is 0 Å². The number of para-hydroxylation sites is 1. The van der Waals surface area contributed by atoms with Gasteiger partial charge in [0.2, 0.25) is 5.91 Å². The highest BCUT2D eigenvalue weighted by molar-refractivity contribution is 7.99. The van der Waals surface area contributed by atoms with Gasteiger partial charge in [0.05, 0.1) is 16.7 Å². The minimum Gasteiger partial charge on any atom is -0.335 e. The average Bonchev–Trinajstić information content (AvgIpc) is 2.72. The Hall–Kier alpha value is -2.35. The molecule has 7 nitrogen and oxygen atoms in total. The molecule has 1 aliphatic rings. The minimum absolute atomic E-state index is 0.0184. The number of imide groups is 1. The van der Waals surface area contributed by atoms with Crippen LogP contribution in [0.2, 0.25) is 0 Å². The lowest BCUT2D eigenvalue weighted by Crippen LogP contribution is -2.45. The third kappa shape index (κ3) is 6.08. The number of carbonyl (C=O) groups is 2. The summed E-state index contributed by atoms with van der Waals surface area (Å²) in [4.78, 5) is 41.9. The molecule has 0 unspecified atom stereocenters. The molecule has 3 rings (SSSR count). The van der Waals surface area contributed by atoms with E-state index in [1.54, 1.807) is 16.7 Å². The molecule has 2 N–H and O–H groups in total. The average molecular weight is 431 g/mol. The van der Waals surface area contributed by atoms with Crippen molar-refractivity contribution in [2.45, 2.75) is 70.1 Å². The third-order valence-corrected chi connectivity index (χ3v) is 6.26. The van der Waals surface area contributed by atoms with Gasteiger partial charge >= 0.3 is 6.03 Å². The molecular formula is C22H30N4O3S. The van der Waals surface area contributed by atoms with Gasteiger partial charge in [0.1, 0.15) is 0 Å². The number of thioether (sulfide) groups is 1. The van der Waals surface area contributed by atoms with Crippen molar-refractivity contribution in [2.75, 3.05) is 5.75 Å². The number of hydrogen-bond acceptors (Lipinski definition) is 5. The number of amides is 3. The molecular weight excluding hydrogens is 400 g/mol. The molecule has 0 saturated heterocycles. The van der Waals surface area contributed by atoms with Crippen LogP contribution in [-0.4, -0.2) is 33.3 Å². The van der Waals surface area contributed by atoms with Gasteiger partial charge in [-0.05, 0) is 37.3 Å². The Balaban J connectivity index is 1.66. The van der Waals surface area contributed by atoms with E-state index in [0.717, 1.165) is 32.1 Å². The van der Waals surface area contributed by atoms with Gasteiger partial charge in [-0.3, -0.25) is 19.5 Å². The Bertz CT molecular complexity index is 951. The van der Waals surface area contributed by atoms with E-state index in [-0.39, 0.29) is 17.4 Å². The number of nitrogens with zero attached hydrogens (tertiary/aromatic N) is 2. The lowest BCUT2D eigenvalue weighted by molar-refractivity contribution is -0.117. The standard InChI is InChI=1S/C22H30N4O3S/c1-15(2)12-13-26-20(28)17-10-6-7-11-18(17)24-22(26)30-14-19(27)25-21(29)23-16-8-4-3-5-9-16/h6-7,10-11,15-16H,3-5,8-9,12-14H2,1-2H3,(H2,23,25,27,29). The monoisotopic (exact) mass is 430 g/mol. The van der Waals surface area contributed by atoms with E-state index in [9.17, 15) is 14.4 Å². The number of nitrogens with one attached hydrogen (secondary N) is 2. The van der Waals surface area contributed by atoms with Crippen LogP contribution >= 0.6 is 11.8 Å². The summed E-state index contributed by atoms with van der Waals surface area (Å²) in [7, 11) is 0. The van der Waals surface area contributed by atoms with Gasteiger partial charge in [0.15, 0.2) is 5.16 Å². The van der Waals surface area contributed by atoms with Crippen molar-refractivity contribution in [1.82, 2.24) is 20.2 Å². The molecule has 3 amide bonds. The number of rotatable bonds is 7. The molecule has 0 spiro atoms. The van der Waals surface area contributed by atoms with Crippen LogP contribution in [0.1, 0.15) is 52.4 Å². The second-order valence-corrected chi connectivity index (χ2v) is 9.14. The molecule has 1 fully saturated rings. The fourth-order valence-electron chi connectivity index (χ4n) is 3.60. The highest BCUT2D eigenvalue weighted by Gasteiger charge is 2.18. The maximum absolute atomic E-state index is 13.0. The van der Waals surface area contributed by atoms with E-state index in [1.807, 2.05) is 12.1 Å². The predicted molar refractivity (Wildman–Crippen MR) is 120 cm³/mol. The summed E-state index contributed by atoms with van der Waals surface area (Å²) in [6, 6.07) is 6.92. The summed E-state index contributed by atoms with van der Waals surface area (Å²) >= 11 is 1.18. The van der Waals surface area contributed by atoms with E-state index >= 15 is 0 Å². The molecule has 2 aromatic rings. The number of aromatic nitrogens is 2. The molecule has 1 aromatic heterocycles. The van der Waals surface area contributed by atoms with Crippen molar-refractivity contribution in [1.29, 1.82) is 0 Å². The summed E-state index contributed by atoms with van der Waals surface area (Å²) in [5, 5.41) is 6.34. The van der Waals surface area contributed by atoms with E-state index < -0.39 is 11.9 Å². The number of hydrogen-bond donors (Lipinski definition) is 2. The van der Waals surface area contributed by atoms with Gasteiger partial charge in [0.25, 0.3) is 5.56 Å². The lowest BCUT2D eigenvalue weighted by atomic mass is 9.96. The Morgan fingerprint density at radius 2 is 1.93 bits per heavy atom. The Kier molecular flexibility index (Phi) is 7.90. The zero-order valence-corrected chi connectivity index (χ0v) is 18.5. The molecule has 1 saturated carbocycles. The smallest absolute Gasteiger partial charge is 0.321 e. The first-order valence-electron chi connectivity index (χ1n) is 10.7. The van der Waals surface area contributed by atoms with Crippen LogP contribution in [0.15, 0.2) is 34.2 Å². The first-order valence-corrected chi connectivity index (χ1v) is 11.7. The van der Waals surface area contributed by atoms with Crippen LogP contribution in [0.3, 0.4) is 0 Å². The maximum atomic E-state index is 13.0. The summed E-state index contributed by atoms with van der Waals surface area (Å²) in [5.41, 5.74) is 0.514. The van der Waals surface area contributed by atoms with Gasteiger partial charge in [-0.1, -0.05) is 57.0 Å². The molecule has 0 aliphatic heterocycles. The van der Waals surface area contributed by atoms with E-state index in [1.165, 1.54) is 18.2 Å². The zero-order valence-electron chi connectivity index (χ0n) is 17.6. The Labute approximate surface area is 181 Å². The Morgan fingerprint density at radius 1 is 1.20 bits per heavy atom. The molecule has 0 atom stereocenters. The Morgan fingerprint density at radius 3 is 2.67 bits per heavy atom. The molecule has 0 radical (unpaired) electrons. The van der Waals surface area contributed by atoms with Gasteiger partial charge in [-0.2, -0.15) is 0 Å². The highest BCUT2D eigenvalue weighted by atomic mass is 32.2. The first-order chi connectivity index (χ1) is 14.4. The number of urea groups is 1. The van der Waals surface area contributed by atoms with Crippen molar-refractivity contribution in [3.05, 3.63) is 34.6 Å². The van der Waals surface area contributed by atoms with Gasteiger partial charge in [-0.25, -0.2) is 9.78 Å². The van der Waals surface area contributed by atoms with Crippen molar-refractivity contribution in [2.24, 2.45) is 5.92 Å². The molecule has 1 aliphatic carbocycles. The summed E-state index contributed by atoms with van der Waals surface area (Å²) in [6.45, 7) is 4.75. The van der Waals surface area contributed by atoms with E-state index in [4.69, 9.17) is 0 Å². The fraction of sp³-hybridized carbons (Fsp3) is 0.545. The number of carbonyl (C=O) groups excluding carboxylic acids is 2. The normalized spacial score (nSPS) is 14.8. The van der Waals surface area contributed by atoms with Gasteiger partial charge in [-0.15, -0.1) is 0 Å². The summed E-state index contributed by atoms with van der Waals surface area (Å²) in [6.07, 6.45) is 6.17. The van der Waals surface area contributed by atoms with Crippen molar-refractivity contribution in [3.8, 4) is 0 Å². The maximum Gasteiger partial charge on any atom is 0.321 e. The minimum atomic E-state index is -0.448. The van der Waals surface area contributed by atoms with E-state index in [0.29, 0.717) is 28.5 Å². The molecule has 8 heteroatoms. The third-order valence-electron chi connectivity index (χ3n) is 5.28. The fourth-order valence-corrected chi connectivity index (χ4v) is 4.43. The van der Waals surface area contributed by atoms with Crippen LogP contribution in [0.4, 0.5) is 4.79 Å². The molecule has 0 bridgehead atoms. The largest absolute Gasteiger partial charge is 0.335 e. The number of benzene rings is 1.